The molecular formula is C62H50N4OPt. The van der Waals surface area contributed by atoms with Crippen LogP contribution < -0.4 is 4.74 Å². The minimum Gasteiger partial charge on any atom is -0.238 e. The first-order chi connectivity index (χ1) is 34.4. The molecule has 11 aromatic rings. The minimum atomic E-state index is -2.38. The number of benzene rings is 8. The largest absolute Gasteiger partial charge is 0.238 e. The van der Waals surface area contributed by atoms with Crippen molar-refractivity contribution in [3.8, 4) is 56.4 Å². The summed E-state index contributed by atoms with van der Waals surface area (Å²) in [4.78, 5) is 4.99. The fourth-order valence-corrected chi connectivity index (χ4v) is 11.5. The van der Waals surface area contributed by atoms with E-state index in [1.807, 2.05) is 30.3 Å². The van der Waals surface area contributed by atoms with Gasteiger partial charge in [0.1, 0.15) is 0 Å². The van der Waals surface area contributed by atoms with E-state index in [4.69, 9.17) is 13.8 Å². The number of hydrogen-bond donors (Lipinski definition) is 0. The zero-order valence-corrected chi connectivity index (χ0v) is 40.3. The van der Waals surface area contributed by atoms with Crippen LogP contribution in [-0.2, 0) is 31.2 Å². The number of pyridine rings is 1. The summed E-state index contributed by atoms with van der Waals surface area (Å²) >= 11 is 2.55. The van der Waals surface area contributed by atoms with Gasteiger partial charge in [0, 0.05) is 15.9 Å². The molecule has 0 aliphatic heterocycles. The summed E-state index contributed by atoms with van der Waals surface area (Å²) in [5.41, 5.74) is 15.3. The molecule has 3 aromatic heterocycles. The van der Waals surface area contributed by atoms with Crippen LogP contribution in [-0.4, -0.2) is 18.7 Å². The van der Waals surface area contributed by atoms with Crippen molar-refractivity contribution in [1.29, 1.82) is 0 Å². The van der Waals surface area contributed by atoms with Crippen LogP contribution in [0, 0.1) is 10.7 Å². The molecule has 0 saturated carbocycles. The molecule has 0 amide bonds. The maximum absolute atomic E-state index is 8.68. The van der Waals surface area contributed by atoms with Crippen LogP contribution in [0.25, 0.3) is 77.7 Å². The molecule has 1 unspecified atom stereocenters. The van der Waals surface area contributed by atoms with Crippen molar-refractivity contribution in [3.63, 3.8) is 0 Å². The predicted octanol–water partition coefficient (Wildman–Crippen LogP) is 15.9. The Morgan fingerprint density at radius 2 is 1.19 bits per heavy atom. The topological polar surface area (TPSA) is 36.9 Å². The summed E-state index contributed by atoms with van der Waals surface area (Å²) < 4.78 is 41.1. The molecule has 5 nitrogen and oxygen atoms in total. The standard InChI is InChI=1S/C62H50N4O.Pt/c1-41-36-60(63-39-54(41)45-26-30-46(31-27-45)62(2,3)4)66-56-23-12-11-20-51(56)52-34-33-48(38-59(52)66)67-47-32-28-44-29-35-55(53(44)37-47)64-40-65(58-25-14-13-24-57(58)64)61-49(42-16-7-5-8-17-42)21-15-22-50(61)43-18-9-6-10-19-43;/h5-28,30-34,36-39,55H,29,35H2,1-4H3;/i1D3;. The third kappa shape index (κ3) is 7.20. The normalized spacial score (nSPS) is 14.5. The Morgan fingerprint density at radius 1 is 0.574 bits per heavy atom. The Balaban J connectivity index is 0.943. The first-order valence-corrected chi connectivity index (χ1v) is 24.4. The quantitative estimate of drug-likeness (QED) is 0.152. The van der Waals surface area contributed by atoms with Gasteiger partial charge in [0.25, 0.3) is 0 Å². The molecule has 0 fully saturated rings. The van der Waals surface area contributed by atoms with Gasteiger partial charge in [-0.2, -0.15) is 0 Å². The minimum absolute atomic E-state index is 0.0264. The molecule has 0 saturated heterocycles. The van der Waals surface area contributed by atoms with Crippen LogP contribution >= 0.6 is 0 Å². The van der Waals surface area contributed by atoms with Crippen molar-refractivity contribution in [3.05, 3.63) is 226 Å². The average molecular weight is 1070 g/mol. The smallest absolute Gasteiger partial charge is 0.0374 e. The summed E-state index contributed by atoms with van der Waals surface area (Å²) in [6.45, 7) is 4.14. The zero-order chi connectivity index (χ0) is 48.6. The Kier molecular flexibility index (Phi) is 9.55. The summed E-state index contributed by atoms with van der Waals surface area (Å²) in [5.74, 6) is 1.96. The van der Waals surface area contributed by atoms with E-state index in [1.54, 1.807) is 12.3 Å². The molecule has 1 aliphatic carbocycles. The van der Waals surface area contributed by atoms with E-state index in [9.17, 15) is 0 Å². The summed E-state index contributed by atoms with van der Waals surface area (Å²) in [7, 11) is 0. The van der Waals surface area contributed by atoms with Crippen molar-refractivity contribution in [2.45, 2.75) is 51.9 Å². The zero-order valence-electron chi connectivity index (χ0n) is 41.1. The second-order valence-electron chi connectivity index (χ2n) is 18.8. The van der Waals surface area contributed by atoms with Crippen LogP contribution in [0.2, 0.25) is 0 Å². The third-order valence-electron chi connectivity index (χ3n) is 13.7. The Labute approximate surface area is 412 Å². The molecule has 3 heterocycles. The van der Waals surface area contributed by atoms with E-state index in [1.165, 1.54) is 44.5 Å². The second-order valence-corrected chi connectivity index (χ2v) is 19.8. The van der Waals surface area contributed by atoms with Gasteiger partial charge in [-0.1, -0.05) is 63.2 Å². The van der Waals surface area contributed by atoms with E-state index < -0.39 is 6.85 Å². The van der Waals surface area contributed by atoms with Crippen LogP contribution in [0.15, 0.2) is 200 Å². The van der Waals surface area contributed by atoms with Gasteiger partial charge in [-0.3, -0.25) is 0 Å². The number of hydrogen-bond acceptors (Lipinski definition) is 2. The maximum atomic E-state index is 8.68. The van der Waals surface area contributed by atoms with Gasteiger partial charge < -0.3 is 0 Å². The number of nitrogens with zero attached hydrogens (tertiary/aromatic N) is 4. The molecule has 0 radical (unpaired) electrons. The van der Waals surface area contributed by atoms with Gasteiger partial charge >= 0.3 is 289 Å². The summed E-state index contributed by atoms with van der Waals surface area (Å²) in [6.07, 6.45) is 3.63. The predicted molar refractivity (Wildman–Crippen MR) is 276 cm³/mol. The van der Waals surface area contributed by atoms with Gasteiger partial charge in [0.15, 0.2) is 0 Å². The van der Waals surface area contributed by atoms with E-state index >= 15 is 0 Å². The molecule has 0 spiro atoms. The van der Waals surface area contributed by atoms with E-state index in [0.717, 1.165) is 61.0 Å². The number of ether oxygens (including phenoxy) is 1. The van der Waals surface area contributed by atoms with Gasteiger partial charge in [0.05, 0.1) is 0 Å². The van der Waals surface area contributed by atoms with Gasteiger partial charge in [-0.25, -0.2) is 4.98 Å². The molecule has 8 aromatic carbocycles. The van der Waals surface area contributed by atoms with Crippen molar-refractivity contribution in [2.75, 3.05) is 0 Å². The molecule has 6 heteroatoms. The van der Waals surface area contributed by atoms with Gasteiger partial charge in [-0.15, -0.1) is 0 Å². The van der Waals surface area contributed by atoms with Crippen molar-refractivity contribution < 1.29 is 28.2 Å². The maximum Gasteiger partial charge on any atom is 0.0374 e. The van der Waals surface area contributed by atoms with Crippen molar-refractivity contribution >= 4 is 32.8 Å². The van der Waals surface area contributed by atoms with E-state index in [0.29, 0.717) is 17.1 Å². The number of aryl methyl sites for hydroxylation is 2. The monoisotopic (exact) mass is 1060 g/mol. The van der Waals surface area contributed by atoms with E-state index in [2.05, 4.69) is 212 Å². The van der Waals surface area contributed by atoms with Crippen LogP contribution in [0.1, 0.15) is 59.6 Å². The third-order valence-corrected chi connectivity index (χ3v) is 14.8. The summed E-state index contributed by atoms with van der Waals surface area (Å²) in [6, 6.07) is 67.7. The van der Waals surface area contributed by atoms with Crippen molar-refractivity contribution in [1.82, 2.24) is 18.7 Å². The van der Waals surface area contributed by atoms with Crippen LogP contribution in [0.4, 0.5) is 0 Å². The Hall–Kier alpha value is -7.33. The number of aromatic nitrogens is 4. The Bertz CT molecular complexity index is 3840. The van der Waals surface area contributed by atoms with E-state index in [-0.39, 0.29) is 17.0 Å². The fraction of sp³-hybridized carbons (Fsp3) is 0.129. The molecule has 12 rings (SSSR count). The first kappa shape index (κ1) is 38.7. The SMILES string of the molecule is [2H]C([2H])([2H])c1cc(-n2c3ccccc3c3ccc(Oc4ccc5c(c4)C(n4[c](=[Pt])n(-c6c(-c7ccccc7)cccc6-c6ccccc6)c6ccccc64)CC5)cc32)ncc1-c1ccc(C(C)(C)C)cc1. The molecule has 1 atom stereocenters. The molecule has 68 heavy (non-hydrogen) atoms. The number of rotatable bonds is 8. The molecular weight excluding hydrogens is 1010 g/mol. The van der Waals surface area contributed by atoms with Crippen molar-refractivity contribution in [2.24, 2.45) is 0 Å². The number of fused-ring (bicyclic) bond motifs is 5. The molecule has 0 N–H and O–H groups in total. The van der Waals surface area contributed by atoms with Crippen LogP contribution in [0.5, 0.6) is 11.5 Å². The fourth-order valence-electron chi connectivity index (χ4n) is 10.4. The molecule has 1 aliphatic rings. The summed E-state index contributed by atoms with van der Waals surface area (Å²) in [5, 5.41) is 2.06. The van der Waals surface area contributed by atoms with Gasteiger partial charge in [-0.05, 0) is 41.1 Å². The van der Waals surface area contributed by atoms with Crippen LogP contribution in [0.3, 0.4) is 0 Å². The second kappa shape index (κ2) is 16.8. The first-order valence-electron chi connectivity index (χ1n) is 24.8. The Morgan fingerprint density at radius 3 is 1.90 bits per heavy atom. The molecule has 334 valence electrons. The average Bonchev–Trinajstić information content (AvgIpc) is 4.04. The number of imidazole rings is 1. The molecule has 0 bridgehead atoms. The number of para-hydroxylation sites is 4. The van der Waals surface area contributed by atoms with Gasteiger partial charge in [0.2, 0.25) is 0 Å².